The van der Waals surface area contributed by atoms with Gasteiger partial charge in [0.25, 0.3) is 5.91 Å². The van der Waals surface area contributed by atoms with E-state index in [2.05, 4.69) is 0 Å². The van der Waals surface area contributed by atoms with Gasteiger partial charge in [0.2, 0.25) is 0 Å². The molecule has 0 aromatic heterocycles. The maximum Gasteiger partial charge on any atom is 0.267 e. The molecule has 0 unspecified atom stereocenters. The van der Waals surface area contributed by atoms with E-state index in [0.717, 1.165) is 18.2 Å². The second kappa shape index (κ2) is 6.83. The Balaban J connectivity index is 2.88. The number of amides is 1. The second-order valence-electron chi connectivity index (χ2n) is 3.69. The monoisotopic (exact) mass is 271 g/mol. The van der Waals surface area contributed by atoms with Gasteiger partial charge in [-0.3, -0.25) is 10.0 Å². The van der Waals surface area contributed by atoms with E-state index in [4.69, 9.17) is 15.1 Å². The number of phenolic OH excluding ortho intramolecular Hbond substituents is 1. The summed E-state index contributed by atoms with van der Waals surface area (Å²) in [6.07, 6.45) is 0.0267. The normalized spacial score (nSPS) is 14.3. The average Bonchev–Trinajstić information content (AvgIpc) is 2.41. The number of ether oxygens (including phenoxy) is 1. The van der Waals surface area contributed by atoms with E-state index < -0.39 is 29.7 Å². The van der Waals surface area contributed by atoms with E-state index in [-0.39, 0.29) is 5.56 Å². The van der Waals surface area contributed by atoms with E-state index in [9.17, 15) is 14.3 Å². The fraction of sp³-hybridized carbons (Fsp3) is 0.250. The number of carbonyl (C=O) groups excluding carboxylic acids is 1. The number of hydrogen-bond donors (Lipinski definition) is 4. The summed E-state index contributed by atoms with van der Waals surface area (Å²) >= 11 is 0. The molecule has 2 atom stereocenters. The molecule has 1 aromatic carbocycles. The molecule has 0 spiro atoms. The molecule has 0 bridgehead atoms. The molecule has 1 aromatic rings. The minimum atomic E-state index is -1.23. The second-order valence-corrected chi connectivity index (χ2v) is 3.69. The third-order valence-electron chi connectivity index (χ3n) is 2.44. The fourth-order valence-corrected chi connectivity index (χ4v) is 1.43. The molecule has 0 saturated heterocycles. The Morgan fingerprint density at radius 1 is 1.53 bits per heavy atom. The van der Waals surface area contributed by atoms with Crippen molar-refractivity contribution < 1.29 is 29.3 Å². The highest BCUT2D eigenvalue weighted by molar-refractivity contribution is 5.86. The van der Waals surface area contributed by atoms with E-state index in [1.54, 1.807) is 0 Å². The highest BCUT2D eigenvalue weighted by Crippen LogP contribution is 2.24. The number of aliphatic hydroxyl groups is 1. The number of hydroxylamine groups is 1. The van der Waals surface area contributed by atoms with E-state index in [0.29, 0.717) is 0 Å². The number of benzene rings is 1. The van der Waals surface area contributed by atoms with Gasteiger partial charge in [0.1, 0.15) is 12.2 Å². The van der Waals surface area contributed by atoms with Crippen molar-refractivity contribution in [2.75, 3.05) is 7.11 Å². The highest BCUT2D eigenvalue weighted by atomic mass is 19.1. The van der Waals surface area contributed by atoms with Crippen molar-refractivity contribution in [2.24, 2.45) is 0 Å². The van der Waals surface area contributed by atoms with Gasteiger partial charge >= 0.3 is 0 Å². The quantitative estimate of drug-likeness (QED) is 0.358. The van der Waals surface area contributed by atoms with Crippen LogP contribution in [0.1, 0.15) is 11.7 Å². The van der Waals surface area contributed by atoms with Crippen LogP contribution in [0.2, 0.25) is 0 Å². The number of aromatic hydroxyl groups is 1. The van der Waals surface area contributed by atoms with E-state index in [1.165, 1.54) is 24.7 Å². The average molecular weight is 271 g/mol. The lowest BCUT2D eigenvalue weighted by Gasteiger charge is -2.18. The lowest BCUT2D eigenvalue weighted by molar-refractivity contribution is -0.124. The Labute approximate surface area is 108 Å². The zero-order valence-electron chi connectivity index (χ0n) is 10.1. The first-order valence-electron chi connectivity index (χ1n) is 5.31. The first kappa shape index (κ1) is 15.1. The van der Waals surface area contributed by atoms with Crippen molar-refractivity contribution in [3.63, 3.8) is 0 Å². The number of phenols is 1. The topological polar surface area (TPSA) is 99.0 Å². The molecule has 1 amide bonds. The summed E-state index contributed by atoms with van der Waals surface area (Å²) in [5.74, 6) is -2.19. The Kier molecular flexibility index (Phi) is 5.43. The van der Waals surface area contributed by atoms with Crippen LogP contribution in [-0.2, 0) is 9.53 Å². The maximum absolute atomic E-state index is 13.2. The molecule has 0 heterocycles. The summed E-state index contributed by atoms with van der Waals surface area (Å²) in [4.78, 5) is 10.8. The highest BCUT2D eigenvalue weighted by Gasteiger charge is 2.19. The zero-order chi connectivity index (χ0) is 14.4. The SMILES string of the molecule is CO[C@@H](/C=C/C(=O)NO)[C@@H](O)c1ccc(O)c(F)c1. The summed E-state index contributed by atoms with van der Waals surface area (Å²) in [5, 5.41) is 27.3. The molecule has 6 nitrogen and oxygen atoms in total. The molecule has 0 aliphatic carbocycles. The predicted octanol–water partition coefficient (Wildman–Crippen LogP) is 0.641. The molecule has 104 valence electrons. The van der Waals surface area contributed by atoms with Crippen molar-refractivity contribution >= 4 is 5.91 Å². The Morgan fingerprint density at radius 3 is 2.74 bits per heavy atom. The molecule has 0 aliphatic rings. The van der Waals surface area contributed by atoms with Gasteiger partial charge in [-0.25, -0.2) is 9.87 Å². The minimum absolute atomic E-state index is 0.177. The van der Waals surface area contributed by atoms with Gasteiger partial charge in [0, 0.05) is 13.2 Å². The molecular weight excluding hydrogens is 257 g/mol. The van der Waals surface area contributed by atoms with Gasteiger partial charge in [0.05, 0.1) is 0 Å². The number of methoxy groups -OCH3 is 1. The zero-order valence-corrected chi connectivity index (χ0v) is 10.1. The molecule has 0 fully saturated rings. The number of aliphatic hydroxyl groups excluding tert-OH is 1. The van der Waals surface area contributed by atoms with Crippen molar-refractivity contribution in [2.45, 2.75) is 12.2 Å². The van der Waals surface area contributed by atoms with Gasteiger partial charge in [-0.1, -0.05) is 6.07 Å². The van der Waals surface area contributed by atoms with Gasteiger partial charge in [-0.05, 0) is 23.8 Å². The van der Waals surface area contributed by atoms with Crippen molar-refractivity contribution in [3.8, 4) is 5.75 Å². The number of rotatable bonds is 5. The van der Waals surface area contributed by atoms with Gasteiger partial charge in [-0.15, -0.1) is 0 Å². The van der Waals surface area contributed by atoms with Crippen LogP contribution in [0, 0.1) is 5.82 Å². The predicted molar refractivity (Wildman–Crippen MR) is 62.9 cm³/mol. The number of hydrogen-bond acceptors (Lipinski definition) is 5. The van der Waals surface area contributed by atoms with Crippen LogP contribution in [0.5, 0.6) is 5.75 Å². The fourth-order valence-electron chi connectivity index (χ4n) is 1.43. The van der Waals surface area contributed by atoms with Gasteiger partial charge in [-0.2, -0.15) is 0 Å². The molecule has 0 radical (unpaired) electrons. The molecule has 19 heavy (non-hydrogen) atoms. The van der Waals surface area contributed by atoms with Crippen molar-refractivity contribution in [3.05, 3.63) is 41.7 Å². The lowest BCUT2D eigenvalue weighted by atomic mass is 10.0. The molecule has 0 saturated carbocycles. The Morgan fingerprint density at radius 2 is 2.21 bits per heavy atom. The van der Waals surface area contributed by atoms with E-state index >= 15 is 0 Å². The smallest absolute Gasteiger partial charge is 0.267 e. The lowest BCUT2D eigenvalue weighted by Crippen LogP contribution is -2.21. The largest absolute Gasteiger partial charge is 0.505 e. The van der Waals surface area contributed by atoms with Crippen LogP contribution in [0.15, 0.2) is 30.4 Å². The Bertz CT molecular complexity index is 477. The summed E-state index contributed by atoms with van der Waals surface area (Å²) in [6, 6.07) is 3.39. The third-order valence-corrected chi connectivity index (χ3v) is 2.44. The van der Waals surface area contributed by atoms with Crippen LogP contribution >= 0.6 is 0 Å². The maximum atomic E-state index is 13.2. The minimum Gasteiger partial charge on any atom is -0.505 e. The summed E-state index contributed by atoms with van der Waals surface area (Å²) in [6.45, 7) is 0. The van der Waals surface area contributed by atoms with Crippen LogP contribution in [0.3, 0.4) is 0 Å². The van der Waals surface area contributed by atoms with Crippen molar-refractivity contribution in [1.82, 2.24) is 5.48 Å². The first-order chi connectivity index (χ1) is 8.99. The van der Waals surface area contributed by atoms with Crippen LogP contribution < -0.4 is 5.48 Å². The van der Waals surface area contributed by atoms with E-state index in [1.807, 2.05) is 0 Å². The van der Waals surface area contributed by atoms with Crippen LogP contribution in [-0.4, -0.2) is 34.5 Å². The number of halogens is 1. The molecule has 4 N–H and O–H groups in total. The van der Waals surface area contributed by atoms with Crippen LogP contribution in [0.25, 0.3) is 0 Å². The molecule has 1 rings (SSSR count). The van der Waals surface area contributed by atoms with Gasteiger partial charge in [0.15, 0.2) is 11.6 Å². The summed E-state index contributed by atoms with van der Waals surface area (Å²) < 4.78 is 18.1. The number of nitrogens with one attached hydrogen (secondary N) is 1. The summed E-state index contributed by atoms with van der Waals surface area (Å²) in [7, 11) is 1.30. The molecular formula is C12H14FNO5. The number of carbonyl (C=O) groups is 1. The molecule has 7 heteroatoms. The van der Waals surface area contributed by atoms with Crippen LogP contribution in [0.4, 0.5) is 4.39 Å². The van der Waals surface area contributed by atoms with Gasteiger partial charge < -0.3 is 14.9 Å². The third kappa shape index (κ3) is 4.02. The van der Waals surface area contributed by atoms with Crippen molar-refractivity contribution in [1.29, 1.82) is 0 Å². The Hall–Kier alpha value is -1.96. The first-order valence-corrected chi connectivity index (χ1v) is 5.31. The summed E-state index contributed by atoms with van der Waals surface area (Å²) in [5.41, 5.74) is 1.56. The standard InChI is InChI=1S/C12H14FNO5/c1-19-10(4-5-11(16)14-18)12(17)7-2-3-9(15)8(13)6-7/h2-6,10,12,15,17-18H,1H3,(H,14,16)/b5-4+/t10-,12-/m0/s1. The molecule has 0 aliphatic heterocycles.